The summed E-state index contributed by atoms with van der Waals surface area (Å²) in [4.78, 5) is 4.62. The second-order valence-corrected chi connectivity index (χ2v) is 5.32. The van der Waals surface area contributed by atoms with Crippen molar-refractivity contribution in [1.82, 2.24) is 10.6 Å². The molecule has 0 aromatic heterocycles. The SMILES string of the molecule is CCNC(=NCC1(C)COC1)NCC1CC1.I. The van der Waals surface area contributed by atoms with Crippen molar-refractivity contribution in [1.29, 1.82) is 0 Å². The summed E-state index contributed by atoms with van der Waals surface area (Å²) in [5, 5.41) is 6.69. The summed E-state index contributed by atoms with van der Waals surface area (Å²) in [5.41, 5.74) is 0.266. The van der Waals surface area contributed by atoms with Crippen LogP contribution in [0.5, 0.6) is 0 Å². The van der Waals surface area contributed by atoms with Crippen LogP contribution in [0, 0.1) is 11.3 Å². The van der Waals surface area contributed by atoms with E-state index in [0.717, 1.165) is 44.7 Å². The first-order chi connectivity index (χ1) is 7.72. The molecule has 0 aromatic carbocycles. The van der Waals surface area contributed by atoms with Gasteiger partial charge in [-0.3, -0.25) is 4.99 Å². The van der Waals surface area contributed by atoms with E-state index in [-0.39, 0.29) is 29.4 Å². The maximum absolute atomic E-state index is 5.23. The number of guanidine groups is 1. The van der Waals surface area contributed by atoms with Crippen LogP contribution in [-0.2, 0) is 4.74 Å². The molecule has 1 saturated carbocycles. The highest BCUT2D eigenvalue weighted by molar-refractivity contribution is 14.0. The third-order valence-electron chi connectivity index (χ3n) is 3.12. The Labute approximate surface area is 121 Å². The lowest BCUT2D eigenvalue weighted by Gasteiger charge is -2.36. The second kappa shape index (κ2) is 6.78. The maximum atomic E-state index is 5.23. The summed E-state index contributed by atoms with van der Waals surface area (Å²) in [5.74, 6) is 1.84. The quantitative estimate of drug-likeness (QED) is 0.449. The summed E-state index contributed by atoms with van der Waals surface area (Å²) in [6.45, 7) is 8.86. The molecule has 2 rings (SSSR count). The van der Waals surface area contributed by atoms with Gasteiger partial charge in [0.2, 0.25) is 0 Å². The summed E-state index contributed by atoms with van der Waals surface area (Å²) in [7, 11) is 0. The number of hydrogen-bond donors (Lipinski definition) is 2. The molecule has 0 unspecified atom stereocenters. The van der Waals surface area contributed by atoms with Gasteiger partial charge in [0.25, 0.3) is 0 Å². The average molecular weight is 353 g/mol. The van der Waals surface area contributed by atoms with Gasteiger partial charge in [-0.05, 0) is 25.7 Å². The highest BCUT2D eigenvalue weighted by Crippen LogP contribution is 2.28. The van der Waals surface area contributed by atoms with Crippen molar-refractivity contribution in [2.75, 3.05) is 32.8 Å². The smallest absolute Gasteiger partial charge is 0.191 e. The minimum atomic E-state index is 0. The monoisotopic (exact) mass is 353 g/mol. The Hall–Kier alpha value is -0.0400. The largest absolute Gasteiger partial charge is 0.380 e. The number of nitrogens with one attached hydrogen (secondary N) is 2. The molecule has 4 nitrogen and oxygen atoms in total. The van der Waals surface area contributed by atoms with Gasteiger partial charge in [0.1, 0.15) is 0 Å². The van der Waals surface area contributed by atoms with Crippen molar-refractivity contribution >= 4 is 29.9 Å². The predicted octanol–water partition coefficient (Wildman–Crippen LogP) is 1.61. The van der Waals surface area contributed by atoms with Crippen LogP contribution in [-0.4, -0.2) is 38.8 Å². The lowest BCUT2D eigenvalue weighted by atomic mass is 9.89. The molecular weight excluding hydrogens is 329 g/mol. The molecule has 1 heterocycles. The summed E-state index contributed by atoms with van der Waals surface area (Å²) in [6, 6.07) is 0. The fourth-order valence-corrected chi connectivity index (χ4v) is 1.72. The van der Waals surface area contributed by atoms with Crippen molar-refractivity contribution in [2.45, 2.75) is 26.7 Å². The summed E-state index contributed by atoms with van der Waals surface area (Å²) >= 11 is 0. The van der Waals surface area contributed by atoms with E-state index in [0.29, 0.717) is 0 Å². The van der Waals surface area contributed by atoms with Crippen LogP contribution in [0.4, 0.5) is 0 Å². The van der Waals surface area contributed by atoms with Crippen LogP contribution in [0.2, 0.25) is 0 Å². The minimum Gasteiger partial charge on any atom is -0.380 e. The molecule has 2 N–H and O–H groups in total. The minimum absolute atomic E-state index is 0. The molecule has 0 amide bonds. The molecule has 0 radical (unpaired) electrons. The molecule has 0 aromatic rings. The van der Waals surface area contributed by atoms with E-state index in [1.54, 1.807) is 0 Å². The lowest BCUT2D eigenvalue weighted by Crippen LogP contribution is -2.44. The predicted molar refractivity (Wildman–Crippen MR) is 81.0 cm³/mol. The van der Waals surface area contributed by atoms with Crippen molar-refractivity contribution in [3.8, 4) is 0 Å². The Bertz CT molecular complexity index is 262. The zero-order chi connectivity index (χ0) is 11.4. The van der Waals surface area contributed by atoms with Gasteiger partial charge in [0.05, 0.1) is 19.8 Å². The number of halogens is 1. The van der Waals surface area contributed by atoms with Gasteiger partial charge >= 0.3 is 0 Å². The topological polar surface area (TPSA) is 45.7 Å². The van der Waals surface area contributed by atoms with Crippen LogP contribution in [0.25, 0.3) is 0 Å². The molecule has 1 aliphatic carbocycles. The Balaban J connectivity index is 0.00000144. The van der Waals surface area contributed by atoms with Gasteiger partial charge in [-0.25, -0.2) is 0 Å². The zero-order valence-corrected chi connectivity index (χ0v) is 13.1. The number of nitrogens with zero attached hydrogens (tertiary/aromatic N) is 1. The van der Waals surface area contributed by atoms with E-state index in [4.69, 9.17) is 4.74 Å². The van der Waals surface area contributed by atoms with Crippen LogP contribution in [0.3, 0.4) is 0 Å². The van der Waals surface area contributed by atoms with Crippen LogP contribution >= 0.6 is 24.0 Å². The molecule has 5 heteroatoms. The Kier molecular flexibility index (Phi) is 5.99. The fraction of sp³-hybridized carbons (Fsp3) is 0.917. The van der Waals surface area contributed by atoms with Gasteiger partial charge in [-0.2, -0.15) is 0 Å². The Morgan fingerprint density at radius 3 is 2.53 bits per heavy atom. The maximum Gasteiger partial charge on any atom is 0.191 e. The molecule has 17 heavy (non-hydrogen) atoms. The van der Waals surface area contributed by atoms with Crippen molar-refractivity contribution in [2.24, 2.45) is 16.3 Å². The highest BCUT2D eigenvalue weighted by atomic mass is 127. The lowest BCUT2D eigenvalue weighted by molar-refractivity contribution is -0.0945. The average Bonchev–Trinajstić information content (AvgIpc) is 3.03. The standard InChI is InChI=1S/C12H23N3O.HI/c1-3-13-11(14-6-10-4-5-10)15-7-12(2)8-16-9-12;/h10H,3-9H2,1-2H3,(H2,13,14,15);1H. The summed E-state index contributed by atoms with van der Waals surface area (Å²) in [6.07, 6.45) is 2.75. The van der Waals surface area contributed by atoms with Gasteiger partial charge in [0.15, 0.2) is 5.96 Å². The van der Waals surface area contributed by atoms with Crippen LogP contribution in [0.1, 0.15) is 26.7 Å². The van der Waals surface area contributed by atoms with Gasteiger partial charge in [-0.1, -0.05) is 6.92 Å². The molecule has 0 spiro atoms. The molecule has 0 atom stereocenters. The van der Waals surface area contributed by atoms with Crippen molar-refractivity contribution in [3.63, 3.8) is 0 Å². The van der Waals surface area contributed by atoms with E-state index < -0.39 is 0 Å². The molecule has 2 fully saturated rings. The van der Waals surface area contributed by atoms with E-state index in [1.807, 2.05) is 0 Å². The van der Waals surface area contributed by atoms with Gasteiger partial charge in [0, 0.05) is 18.5 Å². The fourth-order valence-electron chi connectivity index (χ4n) is 1.72. The third-order valence-corrected chi connectivity index (χ3v) is 3.12. The number of aliphatic imine (C=N–C) groups is 1. The first-order valence-electron chi connectivity index (χ1n) is 6.32. The molecular formula is C12H24IN3O. The number of hydrogen-bond acceptors (Lipinski definition) is 2. The normalized spacial score (nSPS) is 22.4. The molecule has 0 bridgehead atoms. The third kappa shape index (κ3) is 4.99. The summed E-state index contributed by atoms with van der Waals surface area (Å²) < 4.78 is 5.23. The van der Waals surface area contributed by atoms with Crippen LogP contribution < -0.4 is 10.6 Å². The van der Waals surface area contributed by atoms with Gasteiger partial charge in [-0.15, -0.1) is 24.0 Å². The molecule has 1 aliphatic heterocycles. The highest BCUT2D eigenvalue weighted by Gasteiger charge is 2.33. The van der Waals surface area contributed by atoms with E-state index in [1.165, 1.54) is 12.8 Å². The van der Waals surface area contributed by atoms with E-state index in [9.17, 15) is 0 Å². The zero-order valence-electron chi connectivity index (χ0n) is 10.8. The van der Waals surface area contributed by atoms with Crippen molar-refractivity contribution < 1.29 is 4.74 Å². The first-order valence-corrected chi connectivity index (χ1v) is 6.32. The Morgan fingerprint density at radius 2 is 2.06 bits per heavy atom. The van der Waals surface area contributed by atoms with Gasteiger partial charge < -0.3 is 15.4 Å². The first kappa shape index (κ1) is 15.0. The molecule has 1 saturated heterocycles. The Morgan fingerprint density at radius 1 is 1.35 bits per heavy atom. The van der Waals surface area contributed by atoms with E-state index in [2.05, 4.69) is 29.5 Å². The number of ether oxygens (including phenoxy) is 1. The van der Waals surface area contributed by atoms with Crippen LogP contribution in [0.15, 0.2) is 4.99 Å². The molecule has 100 valence electrons. The van der Waals surface area contributed by atoms with E-state index >= 15 is 0 Å². The molecule has 2 aliphatic rings. The second-order valence-electron chi connectivity index (χ2n) is 5.32. The van der Waals surface area contributed by atoms with Crippen molar-refractivity contribution in [3.05, 3.63) is 0 Å². The number of rotatable bonds is 5.